The molecule has 1 N–H and O–H groups in total. The summed E-state index contributed by atoms with van der Waals surface area (Å²) in [4.78, 5) is 28.2. The van der Waals surface area contributed by atoms with Crippen LogP contribution in [0.2, 0.25) is 0 Å². The Morgan fingerprint density at radius 3 is 2.37 bits per heavy atom. The van der Waals surface area contributed by atoms with Crippen molar-refractivity contribution in [2.45, 2.75) is 31.6 Å². The van der Waals surface area contributed by atoms with Crippen molar-refractivity contribution in [1.29, 1.82) is 0 Å². The maximum absolute atomic E-state index is 13.8. The molecule has 1 aliphatic carbocycles. The van der Waals surface area contributed by atoms with E-state index in [1.165, 1.54) is 18.4 Å². The third-order valence-electron chi connectivity index (χ3n) is 6.96. The third kappa shape index (κ3) is 4.08. The Balaban J connectivity index is 1.51. The molecule has 8 nitrogen and oxygen atoms in total. The number of nitrogens with one attached hydrogen (secondary N) is 1. The van der Waals surface area contributed by atoms with E-state index in [4.69, 9.17) is 9.47 Å². The van der Waals surface area contributed by atoms with Crippen LogP contribution in [0.4, 0.5) is 5.69 Å². The molecular weight excluding hydrogens is 444 g/mol. The van der Waals surface area contributed by atoms with E-state index in [0.717, 1.165) is 12.2 Å². The highest BCUT2D eigenvalue weighted by Gasteiger charge is 2.43. The number of ether oxygens (including phenoxy) is 2. The molecule has 1 aliphatic heterocycles. The number of aromatic nitrogens is 2. The van der Waals surface area contributed by atoms with Gasteiger partial charge in [0, 0.05) is 29.8 Å². The van der Waals surface area contributed by atoms with Crippen LogP contribution in [0.15, 0.2) is 48.5 Å². The number of hydrogen-bond acceptors (Lipinski definition) is 6. The number of carbonyl (C=O) groups is 2. The van der Waals surface area contributed by atoms with Crippen LogP contribution in [0.25, 0.3) is 5.69 Å². The summed E-state index contributed by atoms with van der Waals surface area (Å²) >= 11 is 0. The lowest BCUT2D eigenvalue weighted by Gasteiger charge is -2.28. The van der Waals surface area contributed by atoms with E-state index in [-0.39, 0.29) is 23.6 Å². The van der Waals surface area contributed by atoms with Gasteiger partial charge in [-0.3, -0.25) is 4.79 Å². The van der Waals surface area contributed by atoms with Gasteiger partial charge in [0.25, 0.3) is 5.91 Å². The number of nitrogens with zero attached hydrogens (tertiary/aromatic N) is 3. The number of rotatable bonds is 8. The zero-order valence-corrected chi connectivity index (χ0v) is 20.3. The first-order chi connectivity index (χ1) is 17.0. The summed E-state index contributed by atoms with van der Waals surface area (Å²) in [5.74, 6) is -0.00440. The number of methoxy groups -OCH3 is 1. The van der Waals surface area contributed by atoms with Crippen LogP contribution in [-0.2, 0) is 16.6 Å². The van der Waals surface area contributed by atoms with Gasteiger partial charge in [-0.2, -0.15) is 5.10 Å². The Morgan fingerprint density at radius 2 is 1.77 bits per heavy atom. The van der Waals surface area contributed by atoms with Crippen molar-refractivity contribution in [2.75, 3.05) is 38.8 Å². The largest absolute Gasteiger partial charge is 0.497 e. The fourth-order valence-electron chi connectivity index (χ4n) is 4.93. The molecule has 0 atom stereocenters. The van der Waals surface area contributed by atoms with E-state index >= 15 is 0 Å². The van der Waals surface area contributed by atoms with Crippen LogP contribution in [0.5, 0.6) is 5.75 Å². The molecule has 5 rings (SSSR count). The highest BCUT2D eigenvalue weighted by atomic mass is 16.5. The first-order valence-corrected chi connectivity index (χ1v) is 12.0. The van der Waals surface area contributed by atoms with Crippen molar-refractivity contribution in [3.05, 3.63) is 71.0 Å². The van der Waals surface area contributed by atoms with Crippen molar-refractivity contribution in [3.8, 4) is 11.4 Å². The molecule has 1 saturated carbocycles. The molecule has 2 heterocycles. The maximum Gasteiger partial charge on any atom is 0.359 e. The zero-order chi connectivity index (χ0) is 24.6. The lowest BCUT2D eigenvalue weighted by atomic mass is 9.95. The van der Waals surface area contributed by atoms with Gasteiger partial charge in [-0.15, -0.1) is 0 Å². The number of esters is 1. The SMILES string of the molecule is CCOC(=O)c1nn(-c2ccc(OC)cc2)c2c1CCN(c1ccc(C3(CNC)CC3)cc1)C2=O. The minimum Gasteiger partial charge on any atom is -0.497 e. The Hall–Kier alpha value is -3.65. The normalized spacial score (nSPS) is 16.1. The minimum atomic E-state index is -0.513. The topological polar surface area (TPSA) is 85.7 Å². The Morgan fingerprint density at radius 1 is 1.09 bits per heavy atom. The molecule has 0 unspecified atom stereocenters. The molecule has 3 aromatic rings. The van der Waals surface area contributed by atoms with Crippen LogP contribution in [0.1, 0.15) is 51.9 Å². The molecule has 2 aromatic carbocycles. The molecule has 1 fully saturated rings. The van der Waals surface area contributed by atoms with Crippen molar-refractivity contribution in [2.24, 2.45) is 0 Å². The molecule has 2 aliphatic rings. The molecular formula is C27H30N4O4. The first-order valence-electron chi connectivity index (χ1n) is 12.0. The van der Waals surface area contributed by atoms with Crippen molar-refractivity contribution < 1.29 is 19.1 Å². The smallest absolute Gasteiger partial charge is 0.359 e. The number of likely N-dealkylation sites (N-methyl/N-ethyl adjacent to an activating group) is 1. The van der Waals surface area contributed by atoms with Gasteiger partial charge in [-0.25, -0.2) is 9.48 Å². The van der Waals surface area contributed by atoms with E-state index in [1.54, 1.807) is 35.7 Å². The molecule has 0 spiro atoms. The summed E-state index contributed by atoms with van der Waals surface area (Å²) in [7, 11) is 3.58. The van der Waals surface area contributed by atoms with Gasteiger partial charge >= 0.3 is 5.97 Å². The quantitative estimate of drug-likeness (QED) is 0.503. The first kappa shape index (κ1) is 23.1. The predicted octanol–water partition coefficient (Wildman–Crippen LogP) is 3.51. The summed E-state index contributed by atoms with van der Waals surface area (Å²) < 4.78 is 12.0. The van der Waals surface area contributed by atoms with Crippen LogP contribution >= 0.6 is 0 Å². The molecule has 35 heavy (non-hydrogen) atoms. The molecule has 0 radical (unpaired) electrons. The van der Waals surface area contributed by atoms with E-state index in [9.17, 15) is 9.59 Å². The van der Waals surface area contributed by atoms with Gasteiger partial charge in [0.15, 0.2) is 5.69 Å². The zero-order valence-electron chi connectivity index (χ0n) is 20.3. The highest BCUT2D eigenvalue weighted by molar-refractivity contribution is 6.09. The fraction of sp³-hybridized carbons (Fsp3) is 0.370. The van der Waals surface area contributed by atoms with Gasteiger partial charge in [0.05, 0.1) is 19.4 Å². The number of anilines is 1. The van der Waals surface area contributed by atoms with Crippen molar-refractivity contribution >= 4 is 17.6 Å². The van der Waals surface area contributed by atoms with Crippen molar-refractivity contribution in [3.63, 3.8) is 0 Å². The van der Waals surface area contributed by atoms with Crippen LogP contribution in [-0.4, -0.2) is 55.5 Å². The fourth-order valence-corrected chi connectivity index (χ4v) is 4.93. The summed E-state index contributed by atoms with van der Waals surface area (Å²) in [5.41, 5.74) is 4.24. The average Bonchev–Trinajstić information content (AvgIpc) is 3.56. The Bertz CT molecular complexity index is 1240. The second-order valence-corrected chi connectivity index (χ2v) is 9.07. The second kappa shape index (κ2) is 9.19. The van der Waals surface area contributed by atoms with Gasteiger partial charge in [0.1, 0.15) is 11.4 Å². The average molecular weight is 475 g/mol. The van der Waals surface area contributed by atoms with E-state index in [2.05, 4.69) is 22.5 Å². The molecule has 8 heteroatoms. The standard InChI is InChI=1S/C27H30N4O4/c1-4-35-26(33)23-22-13-16-30(19-7-5-18(6-8-19)27(14-15-27)17-28-2)25(32)24(22)31(29-23)20-9-11-21(34-3)12-10-20/h5-12,28H,4,13-17H2,1-3H3. The van der Waals surface area contributed by atoms with Crippen LogP contribution in [0.3, 0.4) is 0 Å². The van der Waals surface area contributed by atoms with E-state index in [0.29, 0.717) is 35.7 Å². The number of hydrogen-bond donors (Lipinski definition) is 1. The Labute approximate surface area is 204 Å². The van der Waals surface area contributed by atoms with Gasteiger partial charge in [0.2, 0.25) is 0 Å². The maximum atomic E-state index is 13.8. The monoisotopic (exact) mass is 474 g/mol. The molecule has 1 aromatic heterocycles. The number of amides is 1. The molecule has 0 saturated heterocycles. The number of carbonyl (C=O) groups excluding carboxylic acids is 2. The molecule has 1 amide bonds. The Kier molecular flexibility index (Phi) is 6.06. The third-order valence-corrected chi connectivity index (χ3v) is 6.96. The van der Waals surface area contributed by atoms with Crippen LogP contribution in [0, 0.1) is 0 Å². The number of fused-ring (bicyclic) bond motifs is 1. The minimum absolute atomic E-state index is 0.186. The van der Waals surface area contributed by atoms with Crippen LogP contribution < -0.4 is 15.0 Å². The van der Waals surface area contributed by atoms with Gasteiger partial charge < -0.3 is 19.7 Å². The lowest BCUT2D eigenvalue weighted by molar-refractivity contribution is 0.0517. The summed E-state index contributed by atoms with van der Waals surface area (Å²) in [6, 6.07) is 15.5. The van der Waals surface area contributed by atoms with Crippen molar-refractivity contribution in [1.82, 2.24) is 15.1 Å². The molecule has 0 bridgehead atoms. The summed E-state index contributed by atoms with van der Waals surface area (Å²) in [5, 5.41) is 7.83. The molecule has 182 valence electrons. The van der Waals surface area contributed by atoms with E-state index in [1.807, 2.05) is 31.3 Å². The van der Waals surface area contributed by atoms with E-state index < -0.39 is 5.97 Å². The highest BCUT2D eigenvalue weighted by Crippen LogP contribution is 2.48. The predicted molar refractivity (Wildman–Crippen MR) is 133 cm³/mol. The summed E-state index contributed by atoms with van der Waals surface area (Å²) in [6.45, 7) is 3.41. The van der Waals surface area contributed by atoms with Gasteiger partial charge in [-0.05, 0) is 75.2 Å². The second-order valence-electron chi connectivity index (χ2n) is 9.07. The number of benzene rings is 2. The van der Waals surface area contributed by atoms with Gasteiger partial charge in [-0.1, -0.05) is 12.1 Å². The summed E-state index contributed by atoms with van der Waals surface area (Å²) in [6.07, 6.45) is 2.87. The lowest BCUT2D eigenvalue weighted by Crippen LogP contribution is -2.39.